The molecule has 2 aromatic carbocycles. The van der Waals surface area contributed by atoms with Crippen LogP contribution in [0.5, 0.6) is 5.75 Å². The first-order chi connectivity index (χ1) is 12.4. The van der Waals surface area contributed by atoms with Crippen molar-refractivity contribution in [3.05, 3.63) is 58.9 Å². The predicted molar refractivity (Wildman–Crippen MR) is 94.8 cm³/mol. The molecule has 1 N–H and O–H groups in total. The van der Waals surface area contributed by atoms with Gasteiger partial charge in [0.25, 0.3) is 0 Å². The highest BCUT2D eigenvalue weighted by Gasteiger charge is 2.32. The summed E-state index contributed by atoms with van der Waals surface area (Å²) >= 11 is 0. The number of carbonyl (C=O) groups is 2. The Labute approximate surface area is 151 Å². The number of esters is 1. The minimum absolute atomic E-state index is 0.0185. The Morgan fingerprint density at radius 3 is 2.62 bits per heavy atom. The largest absolute Gasteiger partial charge is 0.490 e. The zero-order valence-electron chi connectivity index (χ0n) is 14.7. The van der Waals surface area contributed by atoms with Crippen LogP contribution in [0.4, 0.5) is 10.1 Å². The Kier molecular flexibility index (Phi) is 5.21. The average Bonchev–Trinajstić information content (AvgIpc) is 2.56. The molecule has 0 saturated carbocycles. The van der Waals surface area contributed by atoms with E-state index in [1.807, 2.05) is 32.0 Å². The molecule has 1 heterocycles. The van der Waals surface area contributed by atoms with E-state index in [-0.39, 0.29) is 25.5 Å². The summed E-state index contributed by atoms with van der Waals surface area (Å²) in [5.74, 6) is -1.34. The van der Waals surface area contributed by atoms with Crippen LogP contribution in [0.2, 0.25) is 0 Å². The van der Waals surface area contributed by atoms with E-state index in [1.165, 1.54) is 18.2 Å². The summed E-state index contributed by atoms with van der Waals surface area (Å²) in [5, 5.41) is 2.57. The maximum Gasteiger partial charge on any atom is 0.314 e. The topological polar surface area (TPSA) is 64.6 Å². The molecular formula is C20H20FNO4. The summed E-state index contributed by atoms with van der Waals surface area (Å²) in [4.78, 5) is 24.1. The quantitative estimate of drug-likeness (QED) is 0.657. The number of halogens is 1. The van der Waals surface area contributed by atoms with Gasteiger partial charge in [-0.05, 0) is 54.8 Å². The fourth-order valence-corrected chi connectivity index (χ4v) is 3.07. The van der Waals surface area contributed by atoms with Gasteiger partial charge in [-0.25, -0.2) is 4.39 Å². The van der Waals surface area contributed by atoms with E-state index >= 15 is 0 Å². The van der Waals surface area contributed by atoms with E-state index < -0.39 is 17.7 Å². The summed E-state index contributed by atoms with van der Waals surface area (Å²) in [5.41, 5.74) is 3.06. The average molecular weight is 357 g/mol. The van der Waals surface area contributed by atoms with Gasteiger partial charge in [0.2, 0.25) is 5.91 Å². The Morgan fingerprint density at radius 2 is 1.88 bits per heavy atom. The Morgan fingerprint density at radius 1 is 1.15 bits per heavy atom. The van der Waals surface area contributed by atoms with Gasteiger partial charge in [-0.3, -0.25) is 9.59 Å². The molecule has 6 heteroatoms. The molecule has 0 bridgehead atoms. The number of nitrogens with one attached hydrogen (secondary N) is 1. The lowest BCUT2D eigenvalue weighted by molar-refractivity contribution is -0.147. The second kappa shape index (κ2) is 7.56. The van der Waals surface area contributed by atoms with Crippen molar-refractivity contribution in [2.24, 2.45) is 0 Å². The number of carbonyl (C=O) groups excluding carboxylic acids is 2. The minimum atomic E-state index is -0.736. The molecule has 1 aliphatic rings. The second-order valence-corrected chi connectivity index (χ2v) is 6.38. The molecule has 0 fully saturated rings. The van der Waals surface area contributed by atoms with Gasteiger partial charge in [-0.15, -0.1) is 0 Å². The number of ether oxygens (including phenoxy) is 2. The van der Waals surface area contributed by atoms with E-state index in [0.717, 1.165) is 16.9 Å². The van der Waals surface area contributed by atoms with Gasteiger partial charge in [-0.1, -0.05) is 12.1 Å². The molecular weight excluding hydrogens is 337 g/mol. The molecule has 136 valence electrons. The molecule has 0 aromatic heterocycles. The standard InChI is InChI=1S/C20H20FNO4/c1-12-7-13(2)9-15(8-12)25-5-6-26-20(24)17-11-19(23)22-18-10-14(21)3-4-16(17)18/h3-4,7-10,17H,5-6,11H2,1-2H3,(H,22,23). The van der Waals surface area contributed by atoms with Gasteiger partial charge in [-0.2, -0.15) is 0 Å². The van der Waals surface area contributed by atoms with Crippen LogP contribution in [-0.2, 0) is 14.3 Å². The van der Waals surface area contributed by atoms with Gasteiger partial charge in [0.1, 0.15) is 24.8 Å². The Bertz CT molecular complexity index is 829. The molecule has 5 nitrogen and oxygen atoms in total. The van der Waals surface area contributed by atoms with Gasteiger partial charge in [0.15, 0.2) is 0 Å². The van der Waals surface area contributed by atoms with E-state index in [1.54, 1.807) is 0 Å². The van der Waals surface area contributed by atoms with E-state index in [4.69, 9.17) is 9.47 Å². The first kappa shape index (κ1) is 17.9. The van der Waals surface area contributed by atoms with E-state index in [2.05, 4.69) is 5.32 Å². The summed E-state index contributed by atoms with van der Waals surface area (Å²) in [6, 6.07) is 9.83. The third-order valence-corrected chi connectivity index (χ3v) is 4.13. The normalized spacial score (nSPS) is 15.8. The maximum absolute atomic E-state index is 13.3. The number of aryl methyl sites for hydroxylation is 2. The van der Waals surface area contributed by atoms with Gasteiger partial charge >= 0.3 is 5.97 Å². The lowest BCUT2D eigenvalue weighted by Gasteiger charge is -2.24. The zero-order valence-corrected chi connectivity index (χ0v) is 14.7. The van der Waals surface area contributed by atoms with Crippen molar-refractivity contribution >= 4 is 17.6 Å². The van der Waals surface area contributed by atoms with Crippen LogP contribution in [-0.4, -0.2) is 25.1 Å². The molecule has 1 aliphatic heterocycles. The van der Waals surface area contributed by atoms with Gasteiger partial charge < -0.3 is 14.8 Å². The fraction of sp³-hybridized carbons (Fsp3) is 0.300. The minimum Gasteiger partial charge on any atom is -0.490 e. The van der Waals surface area contributed by atoms with Crippen LogP contribution in [0.3, 0.4) is 0 Å². The highest BCUT2D eigenvalue weighted by Crippen LogP contribution is 2.33. The molecule has 0 saturated heterocycles. The molecule has 3 rings (SSSR count). The molecule has 1 amide bonds. The Hall–Kier alpha value is -2.89. The number of benzene rings is 2. The van der Waals surface area contributed by atoms with Crippen molar-refractivity contribution in [3.63, 3.8) is 0 Å². The van der Waals surface area contributed by atoms with Crippen molar-refractivity contribution in [1.29, 1.82) is 0 Å². The van der Waals surface area contributed by atoms with Crippen LogP contribution >= 0.6 is 0 Å². The van der Waals surface area contributed by atoms with Crippen molar-refractivity contribution in [3.8, 4) is 5.75 Å². The van der Waals surface area contributed by atoms with Crippen molar-refractivity contribution in [2.45, 2.75) is 26.2 Å². The first-order valence-corrected chi connectivity index (χ1v) is 8.39. The highest BCUT2D eigenvalue weighted by atomic mass is 19.1. The second-order valence-electron chi connectivity index (χ2n) is 6.38. The molecule has 1 unspecified atom stereocenters. The van der Waals surface area contributed by atoms with Gasteiger partial charge in [0.05, 0.1) is 5.92 Å². The third-order valence-electron chi connectivity index (χ3n) is 4.13. The number of hydrogen-bond acceptors (Lipinski definition) is 4. The zero-order chi connectivity index (χ0) is 18.7. The Balaban J connectivity index is 1.58. The summed E-state index contributed by atoms with van der Waals surface area (Å²) in [6.45, 7) is 4.24. The number of hydrogen-bond donors (Lipinski definition) is 1. The molecule has 2 aromatic rings. The summed E-state index contributed by atoms with van der Waals surface area (Å²) in [7, 11) is 0. The third kappa shape index (κ3) is 4.20. The highest BCUT2D eigenvalue weighted by molar-refractivity contribution is 5.99. The van der Waals surface area contributed by atoms with Crippen LogP contribution in [0.25, 0.3) is 0 Å². The van der Waals surface area contributed by atoms with E-state index in [0.29, 0.717) is 11.3 Å². The van der Waals surface area contributed by atoms with Crippen LogP contribution < -0.4 is 10.1 Å². The van der Waals surface area contributed by atoms with Crippen molar-refractivity contribution in [2.75, 3.05) is 18.5 Å². The smallest absolute Gasteiger partial charge is 0.314 e. The SMILES string of the molecule is Cc1cc(C)cc(OCCOC(=O)C2CC(=O)Nc3cc(F)ccc32)c1. The number of anilines is 1. The molecule has 0 spiro atoms. The van der Waals surface area contributed by atoms with Crippen LogP contribution in [0, 0.1) is 19.7 Å². The molecule has 1 atom stereocenters. The number of amides is 1. The number of fused-ring (bicyclic) bond motifs is 1. The predicted octanol–water partition coefficient (Wildman–Crippen LogP) is 3.49. The number of rotatable bonds is 5. The molecule has 0 aliphatic carbocycles. The van der Waals surface area contributed by atoms with Crippen molar-refractivity contribution in [1.82, 2.24) is 0 Å². The first-order valence-electron chi connectivity index (χ1n) is 8.39. The lowest BCUT2D eigenvalue weighted by Crippen LogP contribution is -2.29. The van der Waals surface area contributed by atoms with Crippen LogP contribution in [0.1, 0.15) is 29.0 Å². The van der Waals surface area contributed by atoms with Crippen LogP contribution in [0.15, 0.2) is 36.4 Å². The molecule has 0 radical (unpaired) electrons. The van der Waals surface area contributed by atoms with E-state index in [9.17, 15) is 14.0 Å². The monoisotopic (exact) mass is 357 g/mol. The molecule has 26 heavy (non-hydrogen) atoms. The maximum atomic E-state index is 13.3. The summed E-state index contributed by atoms with van der Waals surface area (Å²) < 4.78 is 24.2. The van der Waals surface area contributed by atoms with Gasteiger partial charge in [0, 0.05) is 12.1 Å². The lowest BCUT2D eigenvalue weighted by atomic mass is 9.90. The summed E-state index contributed by atoms with van der Waals surface area (Å²) in [6.07, 6.45) is -0.0185. The fourth-order valence-electron chi connectivity index (χ4n) is 3.07. The van der Waals surface area contributed by atoms with Crippen molar-refractivity contribution < 1.29 is 23.5 Å².